The van der Waals surface area contributed by atoms with Crippen molar-refractivity contribution in [1.82, 2.24) is 10.6 Å². The first-order chi connectivity index (χ1) is 9.36. The van der Waals surface area contributed by atoms with Crippen molar-refractivity contribution in [2.75, 3.05) is 13.7 Å². The Labute approximate surface area is 119 Å². The van der Waals surface area contributed by atoms with Gasteiger partial charge < -0.3 is 20.5 Å². The Morgan fingerprint density at radius 1 is 1.20 bits per heavy atom. The van der Waals surface area contributed by atoms with Crippen molar-refractivity contribution >= 4 is 18.0 Å². The summed E-state index contributed by atoms with van der Waals surface area (Å²) in [7, 11) is 1.23. The van der Waals surface area contributed by atoms with Crippen LogP contribution in [0.1, 0.15) is 39.5 Å². The van der Waals surface area contributed by atoms with E-state index in [2.05, 4.69) is 29.2 Å². The lowest BCUT2D eigenvalue weighted by molar-refractivity contribution is -0.142. The highest BCUT2D eigenvalue weighted by Gasteiger charge is 2.20. The Kier molecular flexibility index (Phi) is 9.15. The third kappa shape index (κ3) is 9.18. The van der Waals surface area contributed by atoms with Crippen molar-refractivity contribution < 1.29 is 24.2 Å². The van der Waals surface area contributed by atoms with Gasteiger partial charge in [-0.2, -0.15) is 0 Å². The lowest BCUT2D eigenvalue weighted by Crippen LogP contribution is -2.46. The van der Waals surface area contributed by atoms with E-state index in [-0.39, 0.29) is 12.8 Å². The SMILES string of the molecule is COC(=O)CC[C@H](NC(=O)NCCCC(C)C)C(=O)O. The number of carboxylic acid groups (broad SMARTS) is 1. The molecule has 0 aromatic rings. The van der Waals surface area contributed by atoms with E-state index in [1.165, 1.54) is 7.11 Å². The number of esters is 1. The second kappa shape index (κ2) is 10.1. The number of aliphatic carboxylic acids is 1. The standard InChI is InChI=1S/C13H24N2O5/c1-9(2)5-4-8-14-13(19)15-10(12(17)18)6-7-11(16)20-3/h9-10H,4-8H2,1-3H3,(H,17,18)(H2,14,15,19)/t10-/m0/s1. The number of hydrogen-bond acceptors (Lipinski definition) is 4. The predicted molar refractivity (Wildman–Crippen MR) is 73.3 cm³/mol. The number of urea groups is 1. The first-order valence-corrected chi connectivity index (χ1v) is 6.70. The molecule has 0 aromatic heterocycles. The lowest BCUT2D eigenvalue weighted by Gasteiger charge is -2.14. The highest BCUT2D eigenvalue weighted by Crippen LogP contribution is 2.02. The summed E-state index contributed by atoms with van der Waals surface area (Å²) in [6.07, 6.45) is 1.78. The molecule has 0 spiro atoms. The summed E-state index contributed by atoms with van der Waals surface area (Å²) in [4.78, 5) is 33.4. The quantitative estimate of drug-likeness (QED) is 0.436. The van der Waals surface area contributed by atoms with Gasteiger partial charge in [0, 0.05) is 13.0 Å². The molecule has 0 fully saturated rings. The predicted octanol–water partition coefficient (Wildman–Crippen LogP) is 1.13. The summed E-state index contributed by atoms with van der Waals surface area (Å²) in [5.74, 6) is -1.12. The van der Waals surface area contributed by atoms with Gasteiger partial charge in [0.2, 0.25) is 0 Å². The molecule has 0 aliphatic heterocycles. The monoisotopic (exact) mass is 288 g/mol. The van der Waals surface area contributed by atoms with Crippen molar-refractivity contribution in [1.29, 1.82) is 0 Å². The maximum Gasteiger partial charge on any atom is 0.326 e. The van der Waals surface area contributed by atoms with Crippen LogP contribution in [0.25, 0.3) is 0 Å². The molecule has 20 heavy (non-hydrogen) atoms. The van der Waals surface area contributed by atoms with E-state index >= 15 is 0 Å². The van der Waals surface area contributed by atoms with E-state index in [4.69, 9.17) is 5.11 Å². The molecule has 0 unspecified atom stereocenters. The summed E-state index contributed by atoms with van der Waals surface area (Å²) < 4.78 is 4.43. The minimum absolute atomic E-state index is 0.00141. The van der Waals surface area contributed by atoms with Crippen LogP contribution in [0.15, 0.2) is 0 Å². The van der Waals surface area contributed by atoms with Crippen LogP contribution in [0.4, 0.5) is 4.79 Å². The lowest BCUT2D eigenvalue weighted by atomic mass is 10.1. The Balaban J connectivity index is 4.02. The zero-order valence-corrected chi connectivity index (χ0v) is 12.3. The largest absolute Gasteiger partial charge is 0.480 e. The maximum absolute atomic E-state index is 11.5. The third-order valence-electron chi connectivity index (χ3n) is 2.71. The van der Waals surface area contributed by atoms with Gasteiger partial charge in [0.1, 0.15) is 6.04 Å². The van der Waals surface area contributed by atoms with E-state index in [9.17, 15) is 14.4 Å². The summed E-state index contributed by atoms with van der Waals surface area (Å²) in [5.41, 5.74) is 0. The number of nitrogens with one attached hydrogen (secondary N) is 2. The number of amides is 2. The molecule has 0 saturated heterocycles. The van der Waals surface area contributed by atoms with Gasteiger partial charge in [-0.3, -0.25) is 4.79 Å². The fourth-order valence-electron chi connectivity index (χ4n) is 1.54. The molecule has 0 aliphatic carbocycles. The number of carboxylic acids is 1. The second-order valence-corrected chi connectivity index (χ2v) is 4.94. The molecule has 0 radical (unpaired) electrons. The average Bonchev–Trinajstić information content (AvgIpc) is 2.38. The summed E-state index contributed by atoms with van der Waals surface area (Å²) in [6.45, 7) is 4.67. The van der Waals surface area contributed by atoms with Crippen LogP contribution >= 0.6 is 0 Å². The molecule has 7 nitrogen and oxygen atoms in total. The molecule has 0 heterocycles. The molecule has 0 saturated carbocycles. The van der Waals surface area contributed by atoms with Gasteiger partial charge in [-0.1, -0.05) is 13.8 Å². The summed E-state index contributed by atoms with van der Waals surface area (Å²) in [6, 6.07) is -1.63. The number of carbonyl (C=O) groups is 3. The van der Waals surface area contributed by atoms with E-state index in [0.29, 0.717) is 12.5 Å². The third-order valence-corrected chi connectivity index (χ3v) is 2.71. The van der Waals surface area contributed by atoms with Crippen molar-refractivity contribution in [3.8, 4) is 0 Å². The van der Waals surface area contributed by atoms with E-state index in [0.717, 1.165) is 12.8 Å². The highest BCUT2D eigenvalue weighted by atomic mass is 16.5. The van der Waals surface area contributed by atoms with Crippen molar-refractivity contribution in [2.45, 2.75) is 45.6 Å². The first-order valence-electron chi connectivity index (χ1n) is 6.70. The smallest absolute Gasteiger partial charge is 0.326 e. The molecule has 116 valence electrons. The number of hydrogen-bond donors (Lipinski definition) is 3. The van der Waals surface area contributed by atoms with Gasteiger partial charge in [-0.25, -0.2) is 9.59 Å². The molecule has 0 aliphatic rings. The van der Waals surface area contributed by atoms with E-state index < -0.39 is 24.0 Å². The first kappa shape index (κ1) is 18.2. The molecule has 3 N–H and O–H groups in total. The molecule has 0 bridgehead atoms. The average molecular weight is 288 g/mol. The van der Waals surface area contributed by atoms with Gasteiger partial charge in [-0.05, 0) is 25.2 Å². The van der Waals surface area contributed by atoms with Crippen LogP contribution in [0.3, 0.4) is 0 Å². The summed E-state index contributed by atoms with van der Waals surface area (Å²) >= 11 is 0. The van der Waals surface area contributed by atoms with Gasteiger partial charge in [-0.15, -0.1) is 0 Å². The fraction of sp³-hybridized carbons (Fsp3) is 0.769. The fourth-order valence-corrected chi connectivity index (χ4v) is 1.54. The molecule has 0 rings (SSSR count). The Morgan fingerprint density at radius 3 is 2.35 bits per heavy atom. The van der Waals surface area contributed by atoms with Crippen LogP contribution in [-0.2, 0) is 14.3 Å². The van der Waals surface area contributed by atoms with E-state index in [1.54, 1.807) is 0 Å². The number of carbonyl (C=O) groups excluding carboxylic acids is 2. The van der Waals surface area contributed by atoms with Crippen molar-refractivity contribution in [3.63, 3.8) is 0 Å². The van der Waals surface area contributed by atoms with Crippen LogP contribution in [0.2, 0.25) is 0 Å². The summed E-state index contributed by atoms with van der Waals surface area (Å²) in [5, 5.41) is 13.9. The minimum atomic E-state index is -1.17. The molecule has 2 amide bonds. The van der Waals surface area contributed by atoms with Crippen LogP contribution < -0.4 is 10.6 Å². The van der Waals surface area contributed by atoms with Crippen LogP contribution in [0.5, 0.6) is 0 Å². The minimum Gasteiger partial charge on any atom is -0.480 e. The molecule has 7 heteroatoms. The van der Waals surface area contributed by atoms with Gasteiger partial charge >= 0.3 is 18.0 Å². The molecule has 0 aromatic carbocycles. The van der Waals surface area contributed by atoms with Crippen molar-refractivity contribution in [2.24, 2.45) is 5.92 Å². The number of rotatable bonds is 9. The maximum atomic E-state index is 11.5. The second-order valence-electron chi connectivity index (χ2n) is 4.94. The van der Waals surface area contributed by atoms with Crippen LogP contribution in [-0.4, -0.2) is 42.8 Å². The van der Waals surface area contributed by atoms with Gasteiger partial charge in [0.15, 0.2) is 0 Å². The Morgan fingerprint density at radius 2 is 1.85 bits per heavy atom. The van der Waals surface area contributed by atoms with Gasteiger partial charge in [0.25, 0.3) is 0 Å². The van der Waals surface area contributed by atoms with Crippen LogP contribution in [0, 0.1) is 5.92 Å². The van der Waals surface area contributed by atoms with E-state index in [1.807, 2.05) is 0 Å². The Bertz CT molecular complexity index is 331. The zero-order valence-electron chi connectivity index (χ0n) is 12.3. The molecular weight excluding hydrogens is 264 g/mol. The zero-order chi connectivity index (χ0) is 15.5. The number of methoxy groups -OCH3 is 1. The van der Waals surface area contributed by atoms with Crippen molar-refractivity contribution in [3.05, 3.63) is 0 Å². The molecule has 1 atom stereocenters. The number of ether oxygens (including phenoxy) is 1. The normalized spacial score (nSPS) is 11.8. The Hall–Kier alpha value is -1.79. The topological polar surface area (TPSA) is 105 Å². The van der Waals surface area contributed by atoms with Gasteiger partial charge in [0.05, 0.1) is 7.11 Å². The highest BCUT2D eigenvalue weighted by molar-refractivity contribution is 5.83. The molecular formula is C13H24N2O5.